The van der Waals surface area contributed by atoms with Crippen LogP contribution in [0.15, 0.2) is 64.0 Å². The van der Waals surface area contributed by atoms with E-state index in [1.807, 2.05) is 12.1 Å². The highest BCUT2D eigenvalue weighted by Crippen LogP contribution is 2.50. The van der Waals surface area contributed by atoms with Crippen molar-refractivity contribution in [3.05, 3.63) is 70.2 Å². The second kappa shape index (κ2) is 7.01. The monoisotopic (exact) mass is 458 g/mol. The van der Waals surface area contributed by atoms with Gasteiger partial charge in [0.15, 0.2) is 0 Å². The Hall–Kier alpha value is -1.63. The van der Waals surface area contributed by atoms with E-state index in [-0.39, 0.29) is 12.0 Å². The Morgan fingerprint density at radius 2 is 1.89 bits per heavy atom. The Balaban J connectivity index is 1.47. The SMILES string of the molecule is O=S(=O)(NCC1CC1)c1ccc2c(c1)C1C=CCC1C(c1ccc(Br)cc1)N2. The summed E-state index contributed by atoms with van der Waals surface area (Å²) in [5.74, 6) is 1.15. The molecule has 3 unspecified atom stereocenters. The molecule has 2 aromatic carbocycles. The lowest BCUT2D eigenvalue weighted by atomic mass is 9.77. The van der Waals surface area contributed by atoms with Gasteiger partial charge in [0.2, 0.25) is 10.0 Å². The molecule has 5 rings (SSSR count). The summed E-state index contributed by atoms with van der Waals surface area (Å²) in [7, 11) is -3.46. The summed E-state index contributed by atoms with van der Waals surface area (Å²) in [5, 5.41) is 3.67. The average Bonchev–Trinajstić information content (AvgIpc) is 3.40. The first-order valence-electron chi connectivity index (χ1n) is 9.83. The van der Waals surface area contributed by atoms with Crippen LogP contribution in [-0.2, 0) is 10.0 Å². The lowest BCUT2D eigenvalue weighted by Crippen LogP contribution is -2.30. The molecular formula is C22H23BrN2O2S. The first kappa shape index (κ1) is 18.4. The first-order chi connectivity index (χ1) is 13.5. The van der Waals surface area contributed by atoms with Gasteiger partial charge in [0.1, 0.15) is 0 Å². The zero-order valence-corrected chi connectivity index (χ0v) is 17.8. The Labute approximate surface area is 174 Å². The first-order valence-corrected chi connectivity index (χ1v) is 12.1. The second-order valence-corrected chi connectivity index (χ2v) is 10.8. The van der Waals surface area contributed by atoms with Gasteiger partial charge in [-0.15, -0.1) is 0 Å². The minimum absolute atomic E-state index is 0.219. The highest BCUT2D eigenvalue weighted by atomic mass is 79.9. The third-order valence-corrected chi connectivity index (χ3v) is 8.08. The van der Waals surface area contributed by atoms with E-state index >= 15 is 0 Å². The Kier molecular flexibility index (Phi) is 4.61. The number of hydrogen-bond donors (Lipinski definition) is 2. The summed E-state index contributed by atoms with van der Waals surface area (Å²) in [6.07, 6.45) is 7.72. The summed E-state index contributed by atoms with van der Waals surface area (Å²) >= 11 is 3.51. The maximum atomic E-state index is 12.7. The molecule has 1 fully saturated rings. The molecule has 1 heterocycles. The fourth-order valence-corrected chi connectivity index (χ4v) is 5.79. The van der Waals surface area contributed by atoms with Crippen molar-refractivity contribution in [2.24, 2.45) is 11.8 Å². The van der Waals surface area contributed by atoms with Crippen LogP contribution in [0.1, 0.15) is 42.3 Å². The van der Waals surface area contributed by atoms with Gasteiger partial charge in [-0.05, 0) is 72.6 Å². The van der Waals surface area contributed by atoms with Gasteiger partial charge >= 0.3 is 0 Å². The van der Waals surface area contributed by atoms with Crippen molar-refractivity contribution in [1.82, 2.24) is 4.72 Å². The molecule has 28 heavy (non-hydrogen) atoms. The van der Waals surface area contributed by atoms with Gasteiger partial charge in [0, 0.05) is 22.6 Å². The summed E-state index contributed by atoms with van der Waals surface area (Å²) in [5.41, 5.74) is 3.37. The maximum Gasteiger partial charge on any atom is 0.240 e. The van der Waals surface area contributed by atoms with Gasteiger partial charge in [-0.2, -0.15) is 0 Å². The molecule has 6 heteroatoms. The molecular weight excluding hydrogens is 436 g/mol. The number of anilines is 1. The number of fused-ring (bicyclic) bond motifs is 3. The highest BCUT2D eigenvalue weighted by Gasteiger charge is 2.38. The molecule has 0 bridgehead atoms. The number of hydrogen-bond acceptors (Lipinski definition) is 3. The standard InChI is InChI=1S/C22H23BrN2O2S/c23-16-8-6-15(7-9-16)22-19-3-1-2-18(19)20-12-17(10-11-21(20)25-22)28(26,27)24-13-14-4-5-14/h1-2,6-12,14,18-19,22,24-25H,3-5,13H2. The van der Waals surface area contributed by atoms with E-state index in [9.17, 15) is 8.42 Å². The van der Waals surface area contributed by atoms with E-state index in [2.05, 4.69) is 62.4 Å². The van der Waals surface area contributed by atoms with Crippen LogP contribution < -0.4 is 10.0 Å². The van der Waals surface area contributed by atoms with Crippen molar-refractivity contribution in [1.29, 1.82) is 0 Å². The highest BCUT2D eigenvalue weighted by molar-refractivity contribution is 9.10. The molecule has 3 atom stereocenters. The Bertz CT molecular complexity index is 1030. The summed E-state index contributed by atoms with van der Waals surface area (Å²) in [4.78, 5) is 0.370. The molecule has 0 saturated heterocycles. The molecule has 4 nitrogen and oxygen atoms in total. The van der Waals surface area contributed by atoms with Crippen LogP contribution in [0, 0.1) is 11.8 Å². The third-order valence-electron chi connectivity index (χ3n) is 6.13. The fraction of sp³-hybridized carbons (Fsp3) is 0.364. The Morgan fingerprint density at radius 1 is 1.11 bits per heavy atom. The molecule has 3 aliphatic rings. The molecule has 0 radical (unpaired) electrons. The van der Waals surface area contributed by atoms with Crippen LogP contribution >= 0.6 is 15.9 Å². The van der Waals surface area contributed by atoms with Gasteiger partial charge in [-0.3, -0.25) is 0 Å². The number of allylic oxidation sites excluding steroid dienone is 2. The topological polar surface area (TPSA) is 58.2 Å². The molecule has 0 aromatic heterocycles. The molecule has 0 amide bonds. The van der Waals surface area contributed by atoms with Gasteiger partial charge in [-0.1, -0.05) is 40.2 Å². The predicted octanol–water partition coefficient (Wildman–Crippen LogP) is 4.96. The molecule has 2 aliphatic carbocycles. The molecule has 2 aromatic rings. The minimum Gasteiger partial charge on any atom is -0.378 e. The zero-order chi connectivity index (χ0) is 19.3. The van der Waals surface area contributed by atoms with Gasteiger partial charge in [0.25, 0.3) is 0 Å². The van der Waals surface area contributed by atoms with Crippen LogP contribution in [0.5, 0.6) is 0 Å². The largest absolute Gasteiger partial charge is 0.378 e. The maximum absolute atomic E-state index is 12.7. The fourth-order valence-electron chi connectivity index (χ4n) is 4.37. The number of halogens is 1. The predicted molar refractivity (Wildman–Crippen MR) is 115 cm³/mol. The third kappa shape index (κ3) is 3.42. The molecule has 1 aliphatic heterocycles. The zero-order valence-electron chi connectivity index (χ0n) is 15.4. The van der Waals surface area contributed by atoms with Crippen LogP contribution in [0.3, 0.4) is 0 Å². The lowest BCUT2D eigenvalue weighted by Gasteiger charge is -2.37. The molecule has 0 spiro atoms. The van der Waals surface area contributed by atoms with E-state index in [1.165, 1.54) is 5.56 Å². The lowest BCUT2D eigenvalue weighted by molar-refractivity contribution is 0.425. The summed E-state index contributed by atoms with van der Waals surface area (Å²) < 4.78 is 29.3. The number of benzene rings is 2. The molecule has 146 valence electrons. The van der Waals surface area contributed by atoms with Crippen molar-refractivity contribution in [2.75, 3.05) is 11.9 Å². The van der Waals surface area contributed by atoms with E-state index in [1.54, 1.807) is 6.07 Å². The number of sulfonamides is 1. The van der Waals surface area contributed by atoms with Crippen molar-refractivity contribution in [3.8, 4) is 0 Å². The quantitative estimate of drug-likeness (QED) is 0.622. The van der Waals surface area contributed by atoms with Crippen molar-refractivity contribution < 1.29 is 8.42 Å². The van der Waals surface area contributed by atoms with Gasteiger partial charge in [-0.25, -0.2) is 13.1 Å². The summed E-state index contributed by atoms with van der Waals surface area (Å²) in [6, 6.07) is 14.2. The van der Waals surface area contributed by atoms with E-state index in [4.69, 9.17) is 0 Å². The van der Waals surface area contributed by atoms with E-state index in [0.29, 0.717) is 23.3 Å². The smallest absolute Gasteiger partial charge is 0.240 e. The van der Waals surface area contributed by atoms with Crippen LogP contribution in [0.2, 0.25) is 0 Å². The number of nitrogens with one attached hydrogen (secondary N) is 2. The second-order valence-electron chi connectivity index (χ2n) is 8.07. The van der Waals surface area contributed by atoms with Crippen molar-refractivity contribution in [2.45, 2.75) is 36.1 Å². The molecule has 1 saturated carbocycles. The van der Waals surface area contributed by atoms with Gasteiger partial charge < -0.3 is 5.32 Å². The van der Waals surface area contributed by atoms with Crippen molar-refractivity contribution in [3.63, 3.8) is 0 Å². The van der Waals surface area contributed by atoms with Crippen LogP contribution in [0.4, 0.5) is 5.69 Å². The molecule has 2 N–H and O–H groups in total. The van der Waals surface area contributed by atoms with E-state index in [0.717, 1.165) is 35.0 Å². The normalized spacial score (nSPS) is 25.8. The number of rotatable bonds is 5. The van der Waals surface area contributed by atoms with Crippen LogP contribution in [-0.4, -0.2) is 15.0 Å². The minimum atomic E-state index is -3.46. The van der Waals surface area contributed by atoms with Crippen molar-refractivity contribution >= 4 is 31.6 Å². The Morgan fingerprint density at radius 3 is 2.64 bits per heavy atom. The summed E-state index contributed by atoms with van der Waals surface area (Å²) in [6.45, 7) is 0.551. The average molecular weight is 459 g/mol. The van der Waals surface area contributed by atoms with E-state index < -0.39 is 10.0 Å². The van der Waals surface area contributed by atoms with Crippen LogP contribution in [0.25, 0.3) is 0 Å². The van der Waals surface area contributed by atoms with Gasteiger partial charge in [0.05, 0.1) is 10.9 Å².